The van der Waals surface area contributed by atoms with Crippen molar-refractivity contribution in [3.05, 3.63) is 81.9 Å². The van der Waals surface area contributed by atoms with Gasteiger partial charge in [-0.05, 0) is 37.3 Å². The minimum atomic E-state index is -4.83. The second-order valence-corrected chi connectivity index (χ2v) is 7.01. The van der Waals surface area contributed by atoms with E-state index in [1.807, 2.05) is 0 Å². The SMILES string of the molecule is Cc1nn(-c2cccc(F)c2)c2c1c(C(F)(F)F)cc(=O)n2CC(=O)NCc1ccco1. The van der Waals surface area contributed by atoms with Gasteiger partial charge in [-0.15, -0.1) is 0 Å². The van der Waals surface area contributed by atoms with Crippen LogP contribution in [0.5, 0.6) is 0 Å². The zero-order valence-electron chi connectivity index (χ0n) is 16.6. The van der Waals surface area contributed by atoms with E-state index in [1.54, 1.807) is 12.1 Å². The van der Waals surface area contributed by atoms with E-state index in [0.717, 1.165) is 15.3 Å². The number of carbonyl (C=O) groups is 1. The first-order chi connectivity index (χ1) is 15.1. The number of alkyl halides is 3. The van der Waals surface area contributed by atoms with E-state index < -0.39 is 35.6 Å². The molecule has 0 aliphatic heterocycles. The van der Waals surface area contributed by atoms with Crippen LogP contribution in [0, 0.1) is 12.7 Å². The lowest BCUT2D eigenvalue weighted by Crippen LogP contribution is -2.33. The third kappa shape index (κ3) is 4.01. The maximum atomic E-state index is 13.8. The summed E-state index contributed by atoms with van der Waals surface area (Å²) >= 11 is 0. The van der Waals surface area contributed by atoms with E-state index >= 15 is 0 Å². The van der Waals surface area contributed by atoms with Crippen molar-refractivity contribution in [2.24, 2.45) is 0 Å². The second-order valence-electron chi connectivity index (χ2n) is 7.01. The van der Waals surface area contributed by atoms with Crippen molar-refractivity contribution in [3.8, 4) is 5.69 Å². The van der Waals surface area contributed by atoms with Crippen LogP contribution in [0.25, 0.3) is 16.7 Å². The van der Waals surface area contributed by atoms with E-state index in [0.29, 0.717) is 11.8 Å². The number of aryl methyl sites for hydroxylation is 1. The number of amides is 1. The zero-order valence-corrected chi connectivity index (χ0v) is 16.6. The van der Waals surface area contributed by atoms with Crippen molar-refractivity contribution in [2.45, 2.75) is 26.2 Å². The van der Waals surface area contributed by atoms with Crippen molar-refractivity contribution in [3.63, 3.8) is 0 Å². The van der Waals surface area contributed by atoms with Crippen molar-refractivity contribution >= 4 is 16.9 Å². The normalized spacial score (nSPS) is 11.8. The first kappa shape index (κ1) is 21.3. The summed E-state index contributed by atoms with van der Waals surface area (Å²) in [6, 6.07) is 8.72. The van der Waals surface area contributed by atoms with Crippen LogP contribution in [-0.4, -0.2) is 20.3 Å². The fourth-order valence-corrected chi connectivity index (χ4v) is 3.42. The largest absolute Gasteiger partial charge is 0.467 e. The third-order valence-electron chi connectivity index (χ3n) is 4.79. The molecule has 1 N–H and O–H groups in total. The Balaban J connectivity index is 1.87. The molecule has 0 bridgehead atoms. The van der Waals surface area contributed by atoms with Gasteiger partial charge in [0.25, 0.3) is 5.56 Å². The number of pyridine rings is 1. The highest BCUT2D eigenvalue weighted by atomic mass is 19.4. The highest BCUT2D eigenvalue weighted by Crippen LogP contribution is 2.36. The van der Waals surface area contributed by atoms with E-state index in [-0.39, 0.29) is 29.0 Å². The average Bonchev–Trinajstić information content (AvgIpc) is 3.35. The molecule has 0 saturated heterocycles. The lowest BCUT2D eigenvalue weighted by molar-refractivity contribution is -0.136. The molecule has 11 heteroatoms. The molecule has 0 fully saturated rings. The molecule has 166 valence electrons. The van der Waals surface area contributed by atoms with Crippen molar-refractivity contribution < 1.29 is 26.8 Å². The van der Waals surface area contributed by atoms with Gasteiger partial charge in [-0.25, -0.2) is 9.07 Å². The Hall–Kier alpha value is -3.89. The maximum Gasteiger partial charge on any atom is 0.417 e. The molecule has 3 aromatic heterocycles. The van der Waals surface area contributed by atoms with E-state index in [2.05, 4.69) is 10.4 Å². The highest BCUT2D eigenvalue weighted by molar-refractivity contribution is 5.86. The van der Waals surface area contributed by atoms with Gasteiger partial charge in [-0.2, -0.15) is 18.3 Å². The summed E-state index contributed by atoms with van der Waals surface area (Å²) in [7, 11) is 0. The highest BCUT2D eigenvalue weighted by Gasteiger charge is 2.36. The first-order valence-corrected chi connectivity index (χ1v) is 9.40. The predicted molar refractivity (Wildman–Crippen MR) is 106 cm³/mol. The molecular formula is C21H16F4N4O3. The summed E-state index contributed by atoms with van der Waals surface area (Å²) in [5, 5.41) is 6.31. The number of furan rings is 1. The zero-order chi connectivity index (χ0) is 23.0. The summed E-state index contributed by atoms with van der Waals surface area (Å²) < 4.78 is 61.9. The number of aromatic nitrogens is 3. The van der Waals surface area contributed by atoms with Crippen LogP contribution in [0.2, 0.25) is 0 Å². The smallest absolute Gasteiger partial charge is 0.417 e. The number of benzene rings is 1. The van der Waals surface area contributed by atoms with E-state index in [4.69, 9.17) is 4.42 Å². The van der Waals surface area contributed by atoms with Gasteiger partial charge in [0.1, 0.15) is 23.8 Å². The lowest BCUT2D eigenvalue weighted by atomic mass is 10.1. The average molecular weight is 448 g/mol. The Morgan fingerprint density at radius 1 is 1.19 bits per heavy atom. The molecule has 7 nitrogen and oxygen atoms in total. The molecule has 1 aromatic carbocycles. The van der Waals surface area contributed by atoms with E-state index in [1.165, 1.54) is 31.4 Å². The number of nitrogens with one attached hydrogen (secondary N) is 1. The first-order valence-electron chi connectivity index (χ1n) is 9.40. The van der Waals surface area contributed by atoms with E-state index in [9.17, 15) is 27.2 Å². The van der Waals surface area contributed by atoms with Crippen LogP contribution in [-0.2, 0) is 24.1 Å². The van der Waals surface area contributed by atoms with Crippen LogP contribution in [0.3, 0.4) is 0 Å². The molecule has 0 spiro atoms. The van der Waals surface area contributed by atoms with Crippen LogP contribution in [0.15, 0.2) is 57.9 Å². The molecule has 1 amide bonds. The number of halogens is 4. The molecule has 4 aromatic rings. The number of hydrogen-bond acceptors (Lipinski definition) is 4. The van der Waals surface area contributed by atoms with Crippen molar-refractivity contribution in [1.29, 1.82) is 0 Å². The number of carbonyl (C=O) groups excluding carboxylic acids is 1. The summed E-state index contributed by atoms with van der Waals surface area (Å²) in [6.07, 6.45) is -3.41. The van der Waals surface area contributed by atoms with Gasteiger partial charge in [-0.1, -0.05) is 6.07 Å². The molecule has 0 atom stereocenters. The van der Waals surface area contributed by atoms with Gasteiger partial charge in [0.05, 0.1) is 35.1 Å². The number of nitrogens with zero attached hydrogens (tertiary/aromatic N) is 3. The summed E-state index contributed by atoms with van der Waals surface area (Å²) in [6.45, 7) is 0.806. The second kappa shape index (κ2) is 7.98. The molecule has 0 aliphatic rings. The molecule has 0 aliphatic carbocycles. The van der Waals surface area contributed by atoms with Crippen molar-refractivity contribution in [1.82, 2.24) is 19.7 Å². The summed E-state index contributed by atoms with van der Waals surface area (Å²) in [4.78, 5) is 25.1. The number of fused-ring (bicyclic) bond motifs is 1. The topological polar surface area (TPSA) is 82.1 Å². The van der Waals surface area contributed by atoms with Crippen LogP contribution in [0.1, 0.15) is 17.0 Å². The van der Waals surface area contributed by atoms with Crippen molar-refractivity contribution in [2.75, 3.05) is 0 Å². The minimum Gasteiger partial charge on any atom is -0.467 e. The molecule has 3 heterocycles. The van der Waals surface area contributed by atoms with Gasteiger partial charge >= 0.3 is 6.18 Å². The Labute approximate surface area is 177 Å². The Bertz CT molecular complexity index is 1350. The Kier molecular flexibility index (Phi) is 5.33. The molecule has 4 rings (SSSR count). The minimum absolute atomic E-state index is 0.0265. The number of hydrogen-bond donors (Lipinski definition) is 1. The predicted octanol–water partition coefficient (Wildman–Crippen LogP) is 3.56. The van der Waals surface area contributed by atoms with Gasteiger partial charge in [0, 0.05) is 6.07 Å². The molecule has 0 unspecified atom stereocenters. The standard InChI is InChI=1S/C21H16F4N4O3/c1-12-19-16(21(23,24)25)9-18(31)28(11-17(30)26-10-15-6-3-7-32-15)20(19)29(27-12)14-5-2-4-13(22)8-14/h2-9H,10-11H2,1H3,(H,26,30). The quantitative estimate of drug-likeness (QED) is 0.474. The van der Waals surface area contributed by atoms with Crippen LogP contribution >= 0.6 is 0 Å². The fourth-order valence-electron chi connectivity index (χ4n) is 3.42. The summed E-state index contributed by atoms with van der Waals surface area (Å²) in [5.74, 6) is -0.806. The van der Waals surface area contributed by atoms with Gasteiger partial charge in [0.2, 0.25) is 5.91 Å². The van der Waals surface area contributed by atoms with Gasteiger partial charge in [-0.3, -0.25) is 14.2 Å². The Morgan fingerprint density at radius 3 is 2.62 bits per heavy atom. The molecule has 0 saturated carbocycles. The maximum absolute atomic E-state index is 13.8. The lowest BCUT2D eigenvalue weighted by Gasteiger charge is -2.14. The third-order valence-corrected chi connectivity index (χ3v) is 4.79. The number of rotatable bonds is 5. The molecule has 32 heavy (non-hydrogen) atoms. The monoisotopic (exact) mass is 448 g/mol. The Morgan fingerprint density at radius 2 is 1.97 bits per heavy atom. The molecular weight excluding hydrogens is 432 g/mol. The molecule has 0 radical (unpaired) electrons. The summed E-state index contributed by atoms with van der Waals surface area (Å²) in [5.41, 5.74) is -2.41. The fraction of sp³-hybridized carbons (Fsp3) is 0.190. The van der Waals surface area contributed by atoms with Crippen LogP contribution in [0.4, 0.5) is 17.6 Å². The van der Waals surface area contributed by atoms with Crippen LogP contribution < -0.4 is 10.9 Å². The van der Waals surface area contributed by atoms with Gasteiger partial charge < -0.3 is 9.73 Å². The van der Waals surface area contributed by atoms with Gasteiger partial charge in [0.15, 0.2) is 0 Å².